The normalized spacial score (nSPS) is 11.4. The van der Waals surface area contributed by atoms with Gasteiger partial charge in [-0.15, -0.1) is 0 Å². The first-order chi connectivity index (χ1) is 11.0. The quantitative estimate of drug-likeness (QED) is 0.610. The summed E-state index contributed by atoms with van der Waals surface area (Å²) in [7, 11) is -3.54. The molecule has 3 nitrogen and oxygen atoms in total. The lowest BCUT2D eigenvalue weighted by atomic mass is 10.1. The lowest BCUT2D eigenvalue weighted by Gasteiger charge is -2.09. The first kappa shape index (κ1) is 18.0. The number of benzene rings is 2. The van der Waals surface area contributed by atoms with Crippen molar-refractivity contribution in [3.05, 3.63) is 58.6 Å². The summed E-state index contributed by atoms with van der Waals surface area (Å²) in [5.41, 5.74) is 1.74. The Kier molecular flexibility index (Phi) is 6.66. The maximum absolute atomic E-state index is 12.4. The Morgan fingerprint density at radius 2 is 1.57 bits per heavy atom. The highest BCUT2D eigenvalue weighted by Gasteiger charge is 2.13. The number of nitrogens with one attached hydrogen (secondary N) is 1. The van der Waals surface area contributed by atoms with E-state index in [2.05, 4.69) is 27.6 Å². The molecule has 5 heteroatoms. The molecule has 0 aliphatic heterocycles. The van der Waals surface area contributed by atoms with E-state index in [0.29, 0.717) is 5.69 Å². The molecule has 0 unspecified atom stereocenters. The number of anilines is 1. The molecule has 0 spiro atoms. The van der Waals surface area contributed by atoms with E-state index < -0.39 is 10.0 Å². The van der Waals surface area contributed by atoms with Crippen molar-refractivity contribution in [3.63, 3.8) is 0 Å². The van der Waals surface area contributed by atoms with Crippen LogP contribution in [-0.4, -0.2) is 8.42 Å². The highest BCUT2D eigenvalue weighted by atomic mass is 79.9. The standard InChI is InChI=1S/C18H22BrNO2S/c1-2-3-4-5-6-15-7-13-18(14-8-15)23(21,22)20-17-11-9-16(19)10-12-17/h7-14,20H,2-6H2,1H3. The second-order valence-corrected chi connectivity index (χ2v) is 8.17. The highest BCUT2D eigenvalue weighted by Crippen LogP contribution is 2.19. The smallest absolute Gasteiger partial charge is 0.261 e. The molecular formula is C18H22BrNO2S. The Labute approximate surface area is 147 Å². The minimum atomic E-state index is -3.54. The summed E-state index contributed by atoms with van der Waals surface area (Å²) in [6.45, 7) is 2.19. The molecule has 0 radical (unpaired) electrons. The van der Waals surface area contributed by atoms with Crippen LogP contribution in [0.2, 0.25) is 0 Å². The Hall–Kier alpha value is -1.33. The molecule has 0 bridgehead atoms. The first-order valence-corrected chi connectivity index (χ1v) is 10.2. The molecule has 0 aliphatic rings. The second kappa shape index (κ2) is 8.50. The Balaban J connectivity index is 2.01. The highest BCUT2D eigenvalue weighted by molar-refractivity contribution is 9.10. The van der Waals surface area contributed by atoms with Crippen molar-refractivity contribution in [2.45, 2.75) is 43.9 Å². The van der Waals surface area contributed by atoms with Crippen LogP contribution in [0.25, 0.3) is 0 Å². The zero-order chi connectivity index (χ0) is 16.7. The van der Waals surface area contributed by atoms with Gasteiger partial charge in [0.05, 0.1) is 4.90 Å². The molecule has 0 aromatic heterocycles. The fourth-order valence-corrected chi connectivity index (χ4v) is 3.65. The van der Waals surface area contributed by atoms with Crippen molar-refractivity contribution in [2.24, 2.45) is 0 Å². The van der Waals surface area contributed by atoms with Crippen LogP contribution in [0, 0.1) is 0 Å². The molecule has 0 saturated heterocycles. The van der Waals surface area contributed by atoms with Crippen molar-refractivity contribution in [1.29, 1.82) is 0 Å². The lowest BCUT2D eigenvalue weighted by molar-refractivity contribution is 0.601. The molecule has 0 saturated carbocycles. The molecule has 2 aromatic rings. The lowest BCUT2D eigenvalue weighted by Crippen LogP contribution is -2.12. The number of sulfonamides is 1. The average Bonchev–Trinajstić information content (AvgIpc) is 2.54. The van der Waals surface area contributed by atoms with Crippen LogP contribution in [-0.2, 0) is 16.4 Å². The Morgan fingerprint density at radius 1 is 0.913 bits per heavy atom. The maximum atomic E-state index is 12.4. The van der Waals surface area contributed by atoms with E-state index in [9.17, 15) is 8.42 Å². The van der Waals surface area contributed by atoms with Gasteiger partial charge in [0.1, 0.15) is 0 Å². The zero-order valence-electron chi connectivity index (χ0n) is 13.3. The third-order valence-corrected chi connectivity index (χ3v) is 5.57. The molecule has 2 aromatic carbocycles. The predicted octanol–water partition coefficient (Wildman–Crippen LogP) is 5.37. The van der Waals surface area contributed by atoms with Crippen LogP contribution in [0.15, 0.2) is 57.9 Å². The van der Waals surface area contributed by atoms with Crippen LogP contribution in [0.4, 0.5) is 5.69 Å². The van der Waals surface area contributed by atoms with Crippen molar-refractivity contribution in [3.8, 4) is 0 Å². The van der Waals surface area contributed by atoms with Crippen LogP contribution < -0.4 is 4.72 Å². The predicted molar refractivity (Wildman–Crippen MR) is 99.2 cm³/mol. The maximum Gasteiger partial charge on any atom is 0.261 e. The SMILES string of the molecule is CCCCCCc1ccc(S(=O)(=O)Nc2ccc(Br)cc2)cc1. The summed E-state index contributed by atoms with van der Waals surface area (Å²) >= 11 is 3.33. The number of aryl methyl sites for hydroxylation is 1. The third kappa shape index (κ3) is 5.66. The number of rotatable bonds is 8. The van der Waals surface area contributed by atoms with E-state index in [-0.39, 0.29) is 4.90 Å². The van der Waals surface area contributed by atoms with Gasteiger partial charge >= 0.3 is 0 Å². The van der Waals surface area contributed by atoms with Crippen molar-refractivity contribution >= 4 is 31.6 Å². The Morgan fingerprint density at radius 3 is 2.17 bits per heavy atom. The number of hydrogen-bond acceptors (Lipinski definition) is 2. The largest absolute Gasteiger partial charge is 0.280 e. The second-order valence-electron chi connectivity index (χ2n) is 5.57. The first-order valence-electron chi connectivity index (χ1n) is 7.88. The van der Waals surface area contributed by atoms with Crippen molar-refractivity contribution in [1.82, 2.24) is 0 Å². The zero-order valence-corrected chi connectivity index (χ0v) is 15.7. The van der Waals surface area contributed by atoms with Crippen molar-refractivity contribution in [2.75, 3.05) is 4.72 Å². The van der Waals surface area contributed by atoms with E-state index in [1.165, 1.54) is 24.8 Å². The molecule has 1 N–H and O–H groups in total. The molecule has 124 valence electrons. The molecular weight excluding hydrogens is 374 g/mol. The van der Waals surface area contributed by atoms with E-state index in [0.717, 1.165) is 17.3 Å². The summed E-state index contributed by atoms with van der Waals surface area (Å²) < 4.78 is 28.3. The topological polar surface area (TPSA) is 46.2 Å². The van der Waals surface area contributed by atoms with Gasteiger partial charge in [-0.25, -0.2) is 8.42 Å². The molecule has 23 heavy (non-hydrogen) atoms. The molecule has 0 heterocycles. The third-order valence-electron chi connectivity index (χ3n) is 3.65. The molecule has 2 rings (SSSR count). The van der Waals surface area contributed by atoms with Gasteiger partial charge in [0.25, 0.3) is 10.0 Å². The van der Waals surface area contributed by atoms with E-state index >= 15 is 0 Å². The van der Waals surface area contributed by atoms with Crippen LogP contribution in [0.5, 0.6) is 0 Å². The monoisotopic (exact) mass is 395 g/mol. The van der Waals surface area contributed by atoms with Gasteiger partial charge in [0, 0.05) is 10.2 Å². The summed E-state index contributed by atoms with van der Waals surface area (Å²) in [5.74, 6) is 0. The van der Waals surface area contributed by atoms with E-state index in [1.807, 2.05) is 12.1 Å². The molecule has 0 atom stereocenters. The summed E-state index contributed by atoms with van der Waals surface area (Å²) in [6, 6.07) is 14.2. The molecule has 0 aliphatic carbocycles. The molecule has 0 amide bonds. The number of unbranched alkanes of at least 4 members (excludes halogenated alkanes) is 3. The van der Waals surface area contributed by atoms with Gasteiger partial charge in [0.15, 0.2) is 0 Å². The van der Waals surface area contributed by atoms with Gasteiger partial charge in [0.2, 0.25) is 0 Å². The van der Waals surface area contributed by atoms with Crippen LogP contribution >= 0.6 is 15.9 Å². The summed E-state index contributed by atoms with van der Waals surface area (Å²) in [6.07, 6.45) is 5.85. The average molecular weight is 396 g/mol. The van der Waals surface area contributed by atoms with Gasteiger partial charge in [-0.05, 0) is 54.8 Å². The van der Waals surface area contributed by atoms with Gasteiger partial charge in [-0.1, -0.05) is 54.2 Å². The van der Waals surface area contributed by atoms with Crippen LogP contribution in [0.1, 0.15) is 38.2 Å². The minimum Gasteiger partial charge on any atom is -0.280 e. The van der Waals surface area contributed by atoms with E-state index in [1.54, 1.807) is 36.4 Å². The summed E-state index contributed by atoms with van der Waals surface area (Å²) in [4.78, 5) is 0.290. The minimum absolute atomic E-state index is 0.290. The van der Waals surface area contributed by atoms with Gasteiger partial charge in [-0.2, -0.15) is 0 Å². The van der Waals surface area contributed by atoms with Gasteiger partial charge in [-0.3, -0.25) is 4.72 Å². The van der Waals surface area contributed by atoms with Crippen LogP contribution in [0.3, 0.4) is 0 Å². The van der Waals surface area contributed by atoms with Crippen molar-refractivity contribution < 1.29 is 8.42 Å². The van der Waals surface area contributed by atoms with Gasteiger partial charge < -0.3 is 0 Å². The number of halogens is 1. The number of hydrogen-bond donors (Lipinski definition) is 1. The Bertz CT molecular complexity index is 710. The fourth-order valence-electron chi connectivity index (χ4n) is 2.32. The fraction of sp³-hybridized carbons (Fsp3) is 0.333. The summed E-state index contributed by atoms with van der Waals surface area (Å²) in [5, 5.41) is 0. The van der Waals surface area contributed by atoms with E-state index in [4.69, 9.17) is 0 Å². The molecule has 0 fully saturated rings.